The van der Waals surface area contributed by atoms with Gasteiger partial charge in [-0.2, -0.15) is 0 Å². The van der Waals surface area contributed by atoms with Crippen LogP contribution in [0.15, 0.2) is 36.9 Å². The van der Waals surface area contributed by atoms with Gasteiger partial charge >= 0.3 is 0 Å². The number of aldehydes is 1. The lowest BCUT2D eigenvalue weighted by molar-refractivity contribution is -0.112. The molecule has 0 saturated carbocycles. The Kier molecular flexibility index (Phi) is 8.38. The highest BCUT2D eigenvalue weighted by Gasteiger charge is 2.29. The maximum absolute atomic E-state index is 12.3. The fourth-order valence-electron chi connectivity index (χ4n) is 1.80. The van der Waals surface area contributed by atoms with Crippen molar-refractivity contribution in [3.8, 4) is 11.2 Å². The van der Waals surface area contributed by atoms with Crippen molar-refractivity contribution in [3.05, 3.63) is 48.0 Å². The van der Waals surface area contributed by atoms with Crippen LogP contribution in [0.5, 0.6) is 0 Å². The van der Waals surface area contributed by atoms with Crippen LogP contribution in [0.4, 0.5) is 0 Å². The Balaban J connectivity index is 2.92. The summed E-state index contributed by atoms with van der Waals surface area (Å²) in [5, 5.41) is 7.06. The summed E-state index contributed by atoms with van der Waals surface area (Å²) in [6, 6.07) is 6.89. The first-order valence-corrected chi connectivity index (χ1v) is 10.2. The number of thiocarbonyl (C=S) groups is 1. The Bertz CT molecular complexity index is 607. The maximum Gasteiger partial charge on any atom is 0.252 e. The molecule has 0 aliphatic rings. The lowest BCUT2D eigenvalue weighted by atomic mass is 9.93. The molecule has 3 nitrogen and oxygen atoms in total. The van der Waals surface area contributed by atoms with E-state index in [1.165, 1.54) is 14.3 Å². The summed E-state index contributed by atoms with van der Waals surface area (Å²) < 4.78 is 0. The number of nitrogens with one attached hydrogen (secondary N) is 1. The highest BCUT2D eigenvalue weighted by Crippen LogP contribution is 2.15. The Morgan fingerprint density at radius 3 is 2.59 bits per heavy atom. The van der Waals surface area contributed by atoms with Gasteiger partial charge in [-0.3, -0.25) is 4.79 Å². The molecule has 0 spiro atoms. The van der Waals surface area contributed by atoms with Crippen molar-refractivity contribution in [1.29, 1.82) is 0 Å². The van der Waals surface area contributed by atoms with Crippen LogP contribution in [0.1, 0.15) is 28.8 Å². The van der Waals surface area contributed by atoms with Crippen LogP contribution >= 0.6 is 42.4 Å². The molecule has 0 saturated heterocycles. The van der Waals surface area contributed by atoms with Gasteiger partial charge < -0.3 is 10.1 Å². The van der Waals surface area contributed by atoms with Crippen molar-refractivity contribution in [3.63, 3.8) is 0 Å². The summed E-state index contributed by atoms with van der Waals surface area (Å²) in [7, 11) is 1.40. The van der Waals surface area contributed by atoms with Crippen molar-refractivity contribution >= 4 is 59.9 Å². The van der Waals surface area contributed by atoms with Gasteiger partial charge in [-0.05, 0) is 50.2 Å². The standard InChI is InChI=1S/C16H14INO2S2/c1-2-8-16(12-19,9-10-21)18-15(20)14-5-3-13(4-6-14)7-11-22-17/h2-6,10,12H,1,8-9H2,(H,18,20). The van der Waals surface area contributed by atoms with Gasteiger partial charge in [0.25, 0.3) is 5.91 Å². The Hall–Kier alpha value is -1.17. The molecule has 1 amide bonds. The van der Waals surface area contributed by atoms with Gasteiger partial charge in [0.2, 0.25) is 0 Å². The van der Waals surface area contributed by atoms with Gasteiger partial charge in [0, 0.05) is 38.8 Å². The fourth-order valence-corrected chi connectivity index (χ4v) is 2.58. The Labute approximate surface area is 151 Å². The van der Waals surface area contributed by atoms with Crippen LogP contribution < -0.4 is 5.32 Å². The summed E-state index contributed by atoms with van der Waals surface area (Å²) in [6.45, 7) is 3.62. The topological polar surface area (TPSA) is 46.2 Å². The van der Waals surface area contributed by atoms with Crippen molar-refractivity contribution in [2.24, 2.45) is 0 Å². The van der Waals surface area contributed by atoms with E-state index in [1.807, 2.05) is 0 Å². The van der Waals surface area contributed by atoms with Crippen molar-refractivity contribution < 1.29 is 9.59 Å². The maximum atomic E-state index is 12.3. The number of carbonyl (C=O) groups is 2. The number of carbonyl (C=O) groups excluding carboxylic acids is 2. The molecule has 0 aliphatic heterocycles. The molecule has 22 heavy (non-hydrogen) atoms. The molecule has 0 aliphatic carbocycles. The molecule has 0 radical (unpaired) electrons. The van der Waals surface area contributed by atoms with Gasteiger partial charge in [0.15, 0.2) is 0 Å². The van der Waals surface area contributed by atoms with Gasteiger partial charge in [-0.15, -0.1) is 6.58 Å². The first kappa shape index (κ1) is 18.9. The lowest BCUT2D eigenvalue weighted by Gasteiger charge is -2.26. The molecule has 1 unspecified atom stereocenters. The molecule has 0 fully saturated rings. The molecule has 1 N–H and O–H groups in total. The summed E-state index contributed by atoms with van der Waals surface area (Å²) >= 11 is 6.91. The van der Waals surface area contributed by atoms with Crippen molar-refractivity contribution in [2.45, 2.75) is 18.4 Å². The van der Waals surface area contributed by atoms with Gasteiger partial charge in [0.1, 0.15) is 11.8 Å². The van der Waals surface area contributed by atoms with E-state index in [1.54, 1.807) is 30.3 Å². The van der Waals surface area contributed by atoms with E-state index in [0.29, 0.717) is 18.3 Å². The van der Waals surface area contributed by atoms with Gasteiger partial charge in [-0.25, -0.2) is 0 Å². The number of benzene rings is 1. The zero-order valence-corrected chi connectivity index (χ0v) is 15.5. The number of rotatable bonds is 7. The summed E-state index contributed by atoms with van der Waals surface area (Å²) in [5.74, 6) is 2.62. The molecule has 1 aromatic rings. The minimum atomic E-state index is -1.03. The van der Waals surface area contributed by atoms with Gasteiger partial charge in [0.05, 0.1) is 0 Å². The molecule has 1 aromatic carbocycles. The molecule has 6 heteroatoms. The average Bonchev–Trinajstić information content (AvgIpc) is 2.53. The first-order chi connectivity index (χ1) is 10.6. The fraction of sp³-hybridized carbons (Fsp3) is 0.188. The second kappa shape index (κ2) is 9.77. The zero-order valence-electron chi connectivity index (χ0n) is 11.7. The van der Waals surface area contributed by atoms with E-state index in [9.17, 15) is 9.59 Å². The highest BCUT2D eigenvalue weighted by atomic mass is 127. The van der Waals surface area contributed by atoms with E-state index in [2.05, 4.69) is 44.3 Å². The SMILES string of the molecule is C=CCC(C=O)(CC=S)NC(=O)c1ccc(C#CSI)cc1. The van der Waals surface area contributed by atoms with E-state index < -0.39 is 5.54 Å². The summed E-state index contributed by atoms with van der Waals surface area (Å²) in [5.41, 5.74) is 0.261. The average molecular weight is 443 g/mol. The normalized spacial score (nSPS) is 12.2. The number of halogens is 1. The minimum absolute atomic E-state index is 0.278. The van der Waals surface area contributed by atoms with Gasteiger partial charge in [-0.1, -0.05) is 24.2 Å². The molecule has 0 aromatic heterocycles. The summed E-state index contributed by atoms with van der Waals surface area (Å²) in [6.07, 6.45) is 2.91. The van der Waals surface area contributed by atoms with E-state index in [0.717, 1.165) is 5.56 Å². The molecular formula is C16H14INO2S2. The smallest absolute Gasteiger partial charge is 0.252 e. The predicted octanol–water partition coefficient (Wildman–Crippen LogP) is 3.71. The van der Waals surface area contributed by atoms with E-state index in [-0.39, 0.29) is 12.3 Å². The van der Waals surface area contributed by atoms with Crippen LogP contribution in [0.3, 0.4) is 0 Å². The minimum Gasteiger partial charge on any atom is -0.339 e. The highest BCUT2D eigenvalue weighted by molar-refractivity contribution is 14.2. The van der Waals surface area contributed by atoms with Crippen molar-refractivity contribution in [1.82, 2.24) is 5.32 Å². The molecule has 0 bridgehead atoms. The molecule has 1 atom stereocenters. The Morgan fingerprint density at radius 2 is 2.09 bits per heavy atom. The van der Waals surface area contributed by atoms with Crippen LogP contribution in [-0.4, -0.2) is 23.1 Å². The quantitative estimate of drug-likeness (QED) is 0.230. The Morgan fingerprint density at radius 1 is 1.41 bits per heavy atom. The third kappa shape index (κ3) is 5.55. The monoisotopic (exact) mass is 443 g/mol. The second-order valence-corrected chi connectivity index (χ2v) is 6.49. The third-order valence-corrected chi connectivity index (χ3v) is 3.93. The van der Waals surface area contributed by atoms with Crippen LogP contribution in [-0.2, 0) is 4.79 Å². The predicted molar refractivity (Wildman–Crippen MR) is 104 cm³/mol. The third-order valence-electron chi connectivity index (χ3n) is 2.93. The van der Waals surface area contributed by atoms with E-state index in [4.69, 9.17) is 12.2 Å². The van der Waals surface area contributed by atoms with Crippen molar-refractivity contribution in [2.75, 3.05) is 0 Å². The van der Waals surface area contributed by atoms with Crippen LogP contribution in [0.2, 0.25) is 0 Å². The number of amides is 1. The zero-order chi connectivity index (χ0) is 16.4. The second-order valence-electron chi connectivity index (χ2n) is 4.47. The molecular weight excluding hydrogens is 429 g/mol. The summed E-state index contributed by atoms with van der Waals surface area (Å²) in [4.78, 5) is 23.7. The lowest BCUT2D eigenvalue weighted by Crippen LogP contribution is -2.49. The number of hydrogen-bond donors (Lipinski definition) is 1. The molecule has 1 rings (SSSR count). The van der Waals surface area contributed by atoms with Crippen LogP contribution in [0, 0.1) is 11.2 Å². The first-order valence-electron chi connectivity index (χ1n) is 6.33. The van der Waals surface area contributed by atoms with E-state index >= 15 is 0 Å². The molecule has 114 valence electrons. The van der Waals surface area contributed by atoms with Crippen LogP contribution in [0.25, 0.3) is 0 Å². The molecule has 0 heterocycles. The number of hydrogen-bond acceptors (Lipinski definition) is 4. The largest absolute Gasteiger partial charge is 0.339 e.